The minimum Gasteiger partial charge on any atom is -0.495 e. The summed E-state index contributed by atoms with van der Waals surface area (Å²) < 4.78 is 33.5. The molecular formula is C17H26ClN3O4S. The number of halogens is 1. The highest BCUT2D eigenvalue weighted by Gasteiger charge is 2.29. The number of carbonyl (C=O) groups is 1. The summed E-state index contributed by atoms with van der Waals surface area (Å²) in [5, 5.41) is 0. The molecule has 0 bridgehead atoms. The first kappa shape index (κ1) is 21.0. The maximum absolute atomic E-state index is 12.8. The number of benzene rings is 1. The van der Waals surface area contributed by atoms with Gasteiger partial charge in [0.25, 0.3) is 5.91 Å². The Hall–Kier alpha value is -1.35. The maximum Gasteiger partial charge on any atom is 0.253 e. The van der Waals surface area contributed by atoms with Crippen LogP contribution in [0.25, 0.3) is 0 Å². The van der Waals surface area contributed by atoms with E-state index in [1.165, 1.54) is 19.2 Å². The molecule has 2 aliphatic rings. The van der Waals surface area contributed by atoms with Crippen molar-refractivity contribution in [1.82, 2.24) is 9.62 Å². The van der Waals surface area contributed by atoms with Crippen LogP contribution < -0.4 is 15.2 Å². The molecule has 0 spiro atoms. The highest BCUT2D eigenvalue weighted by molar-refractivity contribution is 7.89. The number of hydrogen-bond donors (Lipinski definition) is 2. The van der Waals surface area contributed by atoms with Gasteiger partial charge in [0.1, 0.15) is 10.6 Å². The molecule has 7 nitrogen and oxygen atoms in total. The lowest BCUT2D eigenvalue weighted by molar-refractivity contribution is 0.0790. The third-order valence-corrected chi connectivity index (χ3v) is 6.43. The average molecular weight is 404 g/mol. The topological polar surface area (TPSA) is 102 Å². The molecule has 1 saturated carbocycles. The van der Waals surface area contributed by atoms with Crippen LogP contribution in [0, 0.1) is 0 Å². The summed E-state index contributed by atoms with van der Waals surface area (Å²) >= 11 is 0. The van der Waals surface area contributed by atoms with Crippen molar-refractivity contribution in [3.63, 3.8) is 0 Å². The van der Waals surface area contributed by atoms with Crippen molar-refractivity contribution in [3.05, 3.63) is 23.8 Å². The van der Waals surface area contributed by atoms with E-state index >= 15 is 0 Å². The molecule has 0 aromatic heterocycles. The molecular weight excluding hydrogens is 378 g/mol. The van der Waals surface area contributed by atoms with Crippen molar-refractivity contribution >= 4 is 28.3 Å². The second kappa shape index (κ2) is 8.56. The molecule has 0 radical (unpaired) electrons. The van der Waals surface area contributed by atoms with E-state index in [-0.39, 0.29) is 41.0 Å². The molecule has 3 N–H and O–H groups in total. The molecule has 1 atom stereocenters. The molecule has 0 unspecified atom stereocenters. The molecule has 9 heteroatoms. The maximum atomic E-state index is 12.8. The van der Waals surface area contributed by atoms with Gasteiger partial charge in [0.15, 0.2) is 0 Å². The summed E-state index contributed by atoms with van der Waals surface area (Å²) in [5.74, 6) is 0.0353. The van der Waals surface area contributed by atoms with Crippen molar-refractivity contribution in [2.75, 3.05) is 20.2 Å². The zero-order chi connectivity index (χ0) is 18.0. The van der Waals surface area contributed by atoms with Crippen LogP contribution in [0.3, 0.4) is 0 Å². The van der Waals surface area contributed by atoms with Crippen LogP contribution in [0.2, 0.25) is 0 Å². The van der Waals surface area contributed by atoms with E-state index in [4.69, 9.17) is 10.5 Å². The molecule has 1 aliphatic heterocycles. The van der Waals surface area contributed by atoms with Gasteiger partial charge >= 0.3 is 0 Å². The molecule has 146 valence electrons. The van der Waals surface area contributed by atoms with Crippen LogP contribution in [0.4, 0.5) is 0 Å². The van der Waals surface area contributed by atoms with E-state index in [1.54, 1.807) is 11.0 Å². The van der Waals surface area contributed by atoms with E-state index < -0.39 is 10.0 Å². The van der Waals surface area contributed by atoms with Crippen LogP contribution >= 0.6 is 12.4 Å². The van der Waals surface area contributed by atoms with E-state index in [2.05, 4.69) is 4.72 Å². The van der Waals surface area contributed by atoms with E-state index in [1.807, 2.05) is 0 Å². The number of nitrogens with two attached hydrogens (primary N) is 1. The first-order valence-electron chi connectivity index (χ1n) is 8.66. The molecule has 2 fully saturated rings. The number of amides is 1. The quantitative estimate of drug-likeness (QED) is 0.775. The monoisotopic (exact) mass is 403 g/mol. The zero-order valence-electron chi connectivity index (χ0n) is 14.8. The van der Waals surface area contributed by atoms with E-state index in [0.29, 0.717) is 18.7 Å². The minimum atomic E-state index is -3.75. The van der Waals surface area contributed by atoms with Gasteiger partial charge in [-0.25, -0.2) is 13.1 Å². The number of hydrogen-bond acceptors (Lipinski definition) is 5. The minimum absolute atomic E-state index is 0. The Bertz CT molecular complexity index is 750. The number of carbonyl (C=O) groups excluding carboxylic acids is 1. The number of sulfonamides is 1. The summed E-state index contributed by atoms with van der Waals surface area (Å²) in [6.45, 7) is 1.09. The molecule has 1 amide bonds. The lowest BCUT2D eigenvalue weighted by Crippen LogP contribution is -2.34. The number of methoxy groups -OCH3 is 1. The standard InChI is InChI=1S/C17H25N3O4S.ClH/c1-24-15-7-6-12(17(21)20-9-8-13(18)11-20)10-16(15)25(22,23)19-14-4-2-3-5-14;/h6-7,10,13-14,19H,2-5,8-9,11,18H2,1H3;1H/t13-;/m1./s1. The van der Waals surface area contributed by atoms with Gasteiger partial charge in [0.05, 0.1) is 7.11 Å². The summed E-state index contributed by atoms with van der Waals surface area (Å²) in [6, 6.07) is 4.47. The first-order chi connectivity index (χ1) is 11.9. The van der Waals surface area contributed by atoms with E-state index in [9.17, 15) is 13.2 Å². The van der Waals surface area contributed by atoms with Crippen molar-refractivity contribution in [1.29, 1.82) is 0 Å². The van der Waals surface area contributed by atoms with Gasteiger partial charge in [-0.05, 0) is 37.5 Å². The predicted molar refractivity (Wildman–Crippen MR) is 101 cm³/mol. The van der Waals surface area contributed by atoms with Gasteiger partial charge < -0.3 is 15.4 Å². The molecule has 3 rings (SSSR count). The second-order valence-electron chi connectivity index (χ2n) is 6.77. The predicted octanol–water partition coefficient (Wildman–Crippen LogP) is 1.51. The van der Waals surface area contributed by atoms with Gasteiger partial charge in [-0.1, -0.05) is 12.8 Å². The van der Waals surface area contributed by atoms with Crippen LogP contribution in [0.5, 0.6) is 5.75 Å². The summed E-state index contributed by atoms with van der Waals surface area (Å²) in [6.07, 6.45) is 4.49. The van der Waals surface area contributed by atoms with Gasteiger partial charge in [-0.2, -0.15) is 0 Å². The third kappa shape index (κ3) is 4.49. The highest BCUT2D eigenvalue weighted by Crippen LogP contribution is 2.28. The number of nitrogens with one attached hydrogen (secondary N) is 1. The molecule has 1 aromatic carbocycles. The molecule has 1 saturated heterocycles. The largest absolute Gasteiger partial charge is 0.495 e. The molecule has 1 aromatic rings. The van der Waals surface area contributed by atoms with Crippen LogP contribution in [-0.2, 0) is 10.0 Å². The zero-order valence-corrected chi connectivity index (χ0v) is 16.4. The molecule has 1 heterocycles. The van der Waals surface area contributed by atoms with Gasteiger partial charge in [0, 0.05) is 30.7 Å². The normalized spacial score (nSPS) is 20.8. The van der Waals surface area contributed by atoms with Crippen molar-refractivity contribution < 1.29 is 17.9 Å². The first-order valence-corrected chi connectivity index (χ1v) is 10.1. The van der Waals surface area contributed by atoms with Crippen LogP contribution in [-0.4, -0.2) is 51.5 Å². The Labute approximate surface area is 160 Å². The Kier molecular flexibility index (Phi) is 6.90. The smallest absolute Gasteiger partial charge is 0.253 e. The van der Waals surface area contributed by atoms with Crippen molar-refractivity contribution in [2.45, 2.75) is 49.1 Å². The van der Waals surface area contributed by atoms with Crippen LogP contribution in [0.1, 0.15) is 42.5 Å². The van der Waals surface area contributed by atoms with Gasteiger partial charge in [0.2, 0.25) is 10.0 Å². The Morgan fingerprint density at radius 1 is 1.27 bits per heavy atom. The SMILES string of the molecule is COc1ccc(C(=O)N2CC[C@@H](N)C2)cc1S(=O)(=O)NC1CCCC1.Cl. The van der Waals surface area contributed by atoms with Crippen molar-refractivity contribution in [2.24, 2.45) is 5.73 Å². The third-order valence-electron chi connectivity index (χ3n) is 4.89. The fourth-order valence-corrected chi connectivity index (χ4v) is 5.00. The lowest BCUT2D eigenvalue weighted by Gasteiger charge is -2.18. The number of nitrogens with zero attached hydrogens (tertiary/aromatic N) is 1. The van der Waals surface area contributed by atoms with E-state index in [0.717, 1.165) is 32.1 Å². The fourth-order valence-electron chi connectivity index (χ4n) is 3.50. The molecule has 1 aliphatic carbocycles. The molecule has 26 heavy (non-hydrogen) atoms. The number of rotatable bonds is 5. The van der Waals surface area contributed by atoms with Crippen LogP contribution in [0.15, 0.2) is 23.1 Å². The lowest BCUT2D eigenvalue weighted by atomic mass is 10.2. The highest BCUT2D eigenvalue weighted by atomic mass is 35.5. The second-order valence-corrected chi connectivity index (χ2v) is 8.45. The number of ether oxygens (including phenoxy) is 1. The fraction of sp³-hybridized carbons (Fsp3) is 0.588. The van der Waals surface area contributed by atoms with Gasteiger partial charge in [-0.3, -0.25) is 4.79 Å². The number of likely N-dealkylation sites (tertiary alicyclic amines) is 1. The van der Waals surface area contributed by atoms with Crippen molar-refractivity contribution in [3.8, 4) is 5.75 Å². The summed E-state index contributed by atoms with van der Waals surface area (Å²) in [7, 11) is -2.33. The Morgan fingerprint density at radius 3 is 2.54 bits per heavy atom. The van der Waals surface area contributed by atoms with Gasteiger partial charge in [-0.15, -0.1) is 12.4 Å². The average Bonchev–Trinajstić information content (AvgIpc) is 3.25. The summed E-state index contributed by atoms with van der Waals surface area (Å²) in [4.78, 5) is 14.3. The Morgan fingerprint density at radius 2 is 1.96 bits per heavy atom. The Balaban J connectivity index is 0.00000243. The summed E-state index contributed by atoms with van der Waals surface area (Å²) in [5.41, 5.74) is 6.19.